The number of aromatic nitrogens is 3. The number of pyridine rings is 1. The molecule has 3 rings (SSSR count). The molecule has 116 valence electrons. The van der Waals surface area contributed by atoms with E-state index < -0.39 is 0 Å². The van der Waals surface area contributed by atoms with Gasteiger partial charge in [-0.05, 0) is 25.5 Å². The maximum atomic E-state index is 9.14. The van der Waals surface area contributed by atoms with Crippen molar-refractivity contribution in [2.24, 2.45) is 5.92 Å². The summed E-state index contributed by atoms with van der Waals surface area (Å²) in [6.45, 7) is 3.36. The molecule has 2 unspecified atom stereocenters. The number of ether oxygens (including phenoxy) is 1. The Balaban J connectivity index is 1.68. The van der Waals surface area contributed by atoms with Crippen LogP contribution in [0.15, 0.2) is 30.5 Å². The van der Waals surface area contributed by atoms with E-state index >= 15 is 0 Å². The first kappa shape index (κ1) is 14.9. The van der Waals surface area contributed by atoms with Crippen LogP contribution in [0.25, 0.3) is 11.4 Å². The van der Waals surface area contributed by atoms with Crippen molar-refractivity contribution in [3.8, 4) is 11.4 Å². The lowest BCUT2D eigenvalue weighted by Crippen LogP contribution is -2.19. The van der Waals surface area contributed by atoms with Crippen molar-refractivity contribution in [2.75, 3.05) is 25.1 Å². The van der Waals surface area contributed by atoms with E-state index in [1.165, 1.54) is 0 Å². The van der Waals surface area contributed by atoms with E-state index in [0.29, 0.717) is 19.0 Å². The molecule has 6 heteroatoms. The van der Waals surface area contributed by atoms with Crippen LogP contribution in [0.2, 0.25) is 0 Å². The average molecular weight is 300 g/mol. The lowest BCUT2D eigenvalue weighted by atomic mass is 10.1. The highest BCUT2D eigenvalue weighted by atomic mass is 16.5. The highest BCUT2D eigenvalue weighted by Gasteiger charge is 2.24. The van der Waals surface area contributed by atoms with Gasteiger partial charge in [0.2, 0.25) is 0 Å². The fraction of sp³-hybridized carbons (Fsp3) is 0.438. The van der Waals surface area contributed by atoms with Gasteiger partial charge in [0, 0.05) is 31.3 Å². The van der Waals surface area contributed by atoms with E-state index in [9.17, 15) is 0 Å². The number of nitrogens with zero attached hydrogens (tertiary/aromatic N) is 3. The highest BCUT2D eigenvalue weighted by Crippen LogP contribution is 2.21. The Hall–Kier alpha value is -2.05. The van der Waals surface area contributed by atoms with E-state index in [2.05, 4.69) is 20.3 Å². The third-order valence-electron chi connectivity index (χ3n) is 3.70. The van der Waals surface area contributed by atoms with Gasteiger partial charge in [0.1, 0.15) is 11.6 Å². The number of aryl methyl sites for hydroxylation is 1. The largest absolute Gasteiger partial charge is 0.396 e. The number of nitrogens with one attached hydrogen (secondary N) is 1. The lowest BCUT2D eigenvalue weighted by Gasteiger charge is -2.12. The van der Waals surface area contributed by atoms with E-state index in [4.69, 9.17) is 9.84 Å². The fourth-order valence-corrected chi connectivity index (χ4v) is 2.57. The van der Waals surface area contributed by atoms with E-state index in [1.807, 2.05) is 31.2 Å². The van der Waals surface area contributed by atoms with Crippen LogP contribution in [0.3, 0.4) is 0 Å². The molecule has 2 aromatic heterocycles. The van der Waals surface area contributed by atoms with Crippen LogP contribution >= 0.6 is 0 Å². The van der Waals surface area contributed by atoms with Crippen LogP contribution in [0.5, 0.6) is 0 Å². The molecule has 1 saturated heterocycles. The molecule has 0 spiro atoms. The molecule has 1 aliphatic rings. The molecule has 0 amide bonds. The number of aliphatic hydroxyl groups excluding tert-OH is 1. The Labute approximate surface area is 129 Å². The summed E-state index contributed by atoms with van der Waals surface area (Å²) in [5.41, 5.74) is 1.63. The van der Waals surface area contributed by atoms with E-state index in [0.717, 1.165) is 23.6 Å². The molecule has 22 heavy (non-hydrogen) atoms. The normalized spacial score (nSPS) is 21.0. The summed E-state index contributed by atoms with van der Waals surface area (Å²) in [6, 6.07) is 7.64. The second kappa shape index (κ2) is 6.81. The lowest BCUT2D eigenvalue weighted by molar-refractivity contribution is 0.109. The molecule has 0 aliphatic carbocycles. The Bertz CT molecular complexity index is 621. The zero-order valence-electron chi connectivity index (χ0n) is 12.6. The molecule has 6 nitrogen and oxygen atoms in total. The standard InChI is InChI=1S/C16H20N4O2/c1-11-19-15(14-4-2-3-5-17-14)7-16(20-11)18-8-13-6-12(9-21)10-22-13/h2-5,7,12-13,21H,6,8-10H2,1H3,(H,18,19,20). The van der Waals surface area contributed by atoms with Crippen LogP contribution in [0, 0.1) is 12.8 Å². The SMILES string of the molecule is Cc1nc(NCC2CC(CO)CO2)cc(-c2ccccn2)n1. The molecule has 1 aliphatic heterocycles. The van der Waals surface area contributed by atoms with Gasteiger partial charge in [-0.25, -0.2) is 9.97 Å². The van der Waals surface area contributed by atoms with E-state index in [-0.39, 0.29) is 18.6 Å². The second-order valence-electron chi connectivity index (χ2n) is 5.52. The Kier molecular flexibility index (Phi) is 4.60. The van der Waals surface area contributed by atoms with Crippen LogP contribution in [0.1, 0.15) is 12.2 Å². The Morgan fingerprint density at radius 1 is 1.32 bits per heavy atom. The number of aliphatic hydroxyl groups is 1. The van der Waals surface area contributed by atoms with Crippen molar-refractivity contribution < 1.29 is 9.84 Å². The molecule has 0 bridgehead atoms. The average Bonchev–Trinajstić information content (AvgIpc) is 3.01. The van der Waals surface area contributed by atoms with Gasteiger partial charge in [0.05, 0.1) is 24.1 Å². The Morgan fingerprint density at radius 2 is 2.23 bits per heavy atom. The third kappa shape index (κ3) is 3.58. The minimum absolute atomic E-state index is 0.116. The van der Waals surface area contributed by atoms with Gasteiger partial charge in [-0.15, -0.1) is 0 Å². The van der Waals surface area contributed by atoms with Gasteiger partial charge in [0.15, 0.2) is 0 Å². The number of hydrogen-bond acceptors (Lipinski definition) is 6. The minimum atomic E-state index is 0.116. The first-order chi connectivity index (χ1) is 10.7. The van der Waals surface area contributed by atoms with Gasteiger partial charge < -0.3 is 15.2 Å². The number of anilines is 1. The summed E-state index contributed by atoms with van der Waals surface area (Å²) < 4.78 is 5.65. The predicted molar refractivity (Wildman–Crippen MR) is 83.4 cm³/mol. The summed E-state index contributed by atoms with van der Waals surface area (Å²) >= 11 is 0. The van der Waals surface area contributed by atoms with E-state index in [1.54, 1.807) is 6.20 Å². The summed E-state index contributed by atoms with van der Waals surface area (Å²) in [5, 5.41) is 12.4. The van der Waals surface area contributed by atoms with Crippen LogP contribution in [0.4, 0.5) is 5.82 Å². The summed E-state index contributed by atoms with van der Waals surface area (Å²) in [6.07, 6.45) is 2.74. The monoisotopic (exact) mass is 300 g/mol. The molecule has 1 fully saturated rings. The van der Waals surface area contributed by atoms with Gasteiger partial charge in [-0.1, -0.05) is 6.07 Å². The van der Waals surface area contributed by atoms with Crippen molar-refractivity contribution in [1.29, 1.82) is 0 Å². The Morgan fingerprint density at radius 3 is 2.95 bits per heavy atom. The summed E-state index contributed by atoms with van der Waals surface area (Å²) in [5.74, 6) is 1.72. The fourth-order valence-electron chi connectivity index (χ4n) is 2.57. The van der Waals surface area contributed by atoms with Gasteiger partial charge >= 0.3 is 0 Å². The smallest absolute Gasteiger partial charge is 0.130 e. The maximum absolute atomic E-state index is 9.14. The van der Waals surface area contributed by atoms with Crippen molar-refractivity contribution in [3.05, 3.63) is 36.3 Å². The topological polar surface area (TPSA) is 80.2 Å². The number of rotatable bonds is 5. The van der Waals surface area contributed by atoms with Crippen molar-refractivity contribution in [2.45, 2.75) is 19.4 Å². The van der Waals surface area contributed by atoms with Gasteiger partial charge in [-0.3, -0.25) is 4.98 Å². The molecule has 2 N–H and O–H groups in total. The second-order valence-corrected chi connectivity index (χ2v) is 5.52. The molecular weight excluding hydrogens is 280 g/mol. The molecule has 0 aromatic carbocycles. The summed E-state index contributed by atoms with van der Waals surface area (Å²) in [4.78, 5) is 13.2. The first-order valence-electron chi connectivity index (χ1n) is 7.48. The number of hydrogen-bond donors (Lipinski definition) is 2. The zero-order valence-corrected chi connectivity index (χ0v) is 12.6. The van der Waals surface area contributed by atoms with Gasteiger partial charge in [-0.2, -0.15) is 0 Å². The molecule has 3 heterocycles. The zero-order chi connectivity index (χ0) is 15.4. The third-order valence-corrected chi connectivity index (χ3v) is 3.70. The highest BCUT2D eigenvalue weighted by molar-refractivity contribution is 5.58. The molecule has 2 aromatic rings. The first-order valence-corrected chi connectivity index (χ1v) is 7.48. The molecular formula is C16H20N4O2. The molecule has 2 atom stereocenters. The summed E-state index contributed by atoms with van der Waals surface area (Å²) in [7, 11) is 0. The van der Waals surface area contributed by atoms with Crippen molar-refractivity contribution >= 4 is 5.82 Å². The van der Waals surface area contributed by atoms with Crippen molar-refractivity contribution in [3.63, 3.8) is 0 Å². The van der Waals surface area contributed by atoms with Crippen LogP contribution in [-0.4, -0.2) is 45.9 Å². The van der Waals surface area contributed by atoms with Crippen LogP contribution < -0.4 is 5.32 Å². The predicted octanol–water partition coefficient (Wildman–Crippen LogP) is 1.66. The minimum Gasteiger partial charge on any atom is -0.396 e. The van der Waals surface area contributed by atoms with Crippen molar-refractivity contribution in [1.82, 2.24) is 15.0 Å². The maximum Gasteiger partial charge on any atom is 0.130 e. The van der Waals surface area contributed by atoms with Gasteiger partial charge in [0.25, 0.3) is 0 Å². The molecule has 0 radical (unpaired) electrons. The molecule has 0 saturated carbocycles. The van der Waals surface area contributed by atoms with Crippen LogP contribution in [-0.2, 0) is 4.74 Å². The quantitative estimate of drug-likeness (QED) is 0.874.